The van der Waals surface area contributed by atoms with E-state index in [0.29, 0.717) is 0 Å². The SMILES string of the molecule is C=CC[C@](C)([NH2+]Cc1ccccc1)c1ccc(C)cc1. The number of hydrogen-bond donors (Lipinski definition) is 1. The van der Waals surface area contributed by atoms with Gasteiger partial charge in [-0.25, -0.2) is 0 Å². The maximum absolute atomic E-state index is 3.92. The van der Waals surface area contributed by atoms with Gasteiger partial charge in [0.15, 0.2) is 0 Å². The van der Waals surface area contributed by atoms with Gasteiger partial charge in [0, 0.05) is 17.5 Å². The van der Waals surface area contributed by atoms with E-state index in [0.717, 1.165) is 13.0 Å². The molecule has 0 aliphatic heterocycles. The van der Waals surface area contributed by atoms with E-state index >= 15 is 0 Å². The van der Waals surface area contributed by atoms with E-state index in [9.17, 15) is 0 Å². The van der Waals surface area contributed by atoms with E-state index in [4.69, 9.17) is 0 Å². The molecule has 0 saturated carbocycles. The fraction of sp³-hybridized carbons (Fsp3) is 0.263. The lowest BCUT2D eigenvalue weighted by Crippen LogP contribution is -2.92. The van der Waals surface area contributed by atoms with E-state index in [1.54, 1.807) is 0 Å². The summed E-state index contributed by atoms with van der Waals surface area (Å²) >= 11 is 0. The van der Waals surface area contributed by atoms with Crippen LogP contribution in [0.3, 0.4) is 0 Å². The number of rotatable bonds is 6. The molecule has 0 spiro atoms. The Labute approximate surface area is 122 Å². The second kappa shape index (κ2) is 6.53. The van der Waals surface area contributed by atoms with Gasteiger partial charge in [-0.2, -0.15) is 0 Å². The van der Waals surface area contributed by atoms with Crippen LogP contribution in [0.4, 0.5) is 0 Å². The molecule has 0 radical (unpaired) electrons. The van der Waals surface area contributed by atoms with Gasteiger partial charge in [0.2, 0.25) is 0 Å². The number of quaternary nitrogens is 1. The average Bonchev–Trinajstić information content (AvgIpc) is 2.47. The number of nitrogens with two attached hydrogens (primary N) is 1. The molecule has 1 atom stereocenters. The van der Waals surface area contributed by atoms with Gasteiger partial charge >= 0.3 is 0 Å². The summed E-state index contributed by atoms with van der Waals surface area (Å²) < 4.78 is 0. The largest absolute Gasteiger partial charge is 0.334 e. The highest BCUT2D eigenvalue weighted by molar-refractivity contribution is 5.26. The molecular weight excluding hydrogens is 242 g/mol. The average molecular weight is 266 g/mol. The lowest BCUT2D eigenvalue weighted by molar-refractivity contribution is -0.747. The summed E-state index contributed by atoms with van der Waals surface area (Å²) in [5.74, 6) is 0. The number of benzene rings is 2. The van der Waals surface area contributed by atoms with Crippen molar-refractivity contribution in [1.82, 2.24) is 0 Å². The predicted molar refractivity (Wildman–Crippen MR) is 85.4 cm³/mol. The third-order valence-corrected chi connectivity index (χ3v) is 3.91. The highest BCUT2D eigenvalue weighted by atomic mass is 15.0. The molecule has 0 aromatic heterocycles. The fourth-order valence-corrected chi connectivity index (χ4v) is 2.51. The van der Waals surface area contributed by atoms with Crippen LogP contribution in [-0.4, -0.2) is 0 Å². The van der Waals surface area contributed by atoms with E-state index in [1.165, 1.54) is 16.7 Å². The summed E-state index contributed by atoms with van der Waals surface area (Å²) in [6.07, 6.45) is 2.98. The minimum Gasteiger partial charge on any atom is -0.334 e. The summed E-state index contributed by atoms with van der Waals surface area (Å²) in [6, 6.07) is 19.5. The smallest absolute Gasteiger partial charge is 0.123 e. The van der Waals surface area contributed by atoms with Crippen molar-refractivity contribution in [2.75, 3.05) is 0 Å². The van der Waals surface area contributed by atoms with Gasteiger partial charge in [0.1, 0.15) is 12.1 Å². The zero-order valence-electron chi connectivity index (χ0n) is 12.5. The van der Waals surface area contributed by atoms with Crippen LogP contribution in [0.25, 0.3) is 0 Å². The van der Waals surface area contributed by atoms with Gasteiger partial charge in [0.05, 0.1) is 0 Å². The maximum Gasteiger partial charge on any atom is 0.123 e. The van der Waals surface area contributed by atoms with Gasteiger partial charge in [0.25, 0.3) is 0 Å². The molecule has 0 saturated heterocycles. The molecule has 0 aliphatic carbocycles. The summed E-state index contributed by atoms with van der Waals surface area (Å²) in [5.41, 5.74) is 4.07. The topological polar surface area (TPSA) is 16.6 Å². The zero-order chi connectivity index (χ0) is 14.4. The first-order chi connectivity index (χ1) is 9.64. The molecule has 1 nitrogen and oxygen atoms in total. The van der Waals surface area contributed by atoms with Gasteiger partial charge in [-0.3, -0.25) is 0 Å². The molecule has 0 heterocycles. The Morgan fingerprint density at radius 1 is 1.05 bits per heavy atom. The number of hydrogen-bond acceptors (Lipinski definition) is 0. The molecule has 2 N–H and O–H groups in total. The van der Waals surface area contributed by atoms with Gasteiger partial charge in [-0.1, -0.05) is 66.2 Å². The quantitative estimate of drug-likeness (QED) is 0.770. The van der Waals surface area contributed by atoms with Gasteiger partial charge in [-0.15, -0.1) is 6.58 Å². The molecule has 0 bridgehead atoms. The molecule has 0 aliphatic rings. The molecule has 20 heavy (non-hydrogen) atoms. The van der Waals surface area contributed by atoms with Crippen LogP contribution in [0, 0.1) is 6.92 Å². The minimum atomic E-state index is 0.0469. The monoisotopic (exact) mass is 266 g/mol. The van der Waals surface area contributed by atoms with Crippen molar-refractivity contribution in [3.05, 3.63) is 83.9 Å². The first-order valence-corrected chi connectivity index (χ1v) is 7.20. The van der Waals surface area contributed by atoms with E-state index in [2.05, 4.69) is 80.3 Å². The lowest BCUT2D eigenvalue weighted by Gasteiger charge is -2.27. The zero-order valence-corrected chi connectivity index (χ0v) is 12.5. The van der Waals surface area contributed by atoms with Crippen LogP contribution in [-0.2, 0) is 12.1 Å². The molecule has 0 fully saturated rings. The number of aryl methyl sites for hydroxylation is 1. The summed E-state index contributed by atoms with van der Waals surface area (Å²) in [4.78, 5) is 0. The Bertz CT molecular complexity index is 542. The predicted octanol–water partition coefficient (Wildman–Crippen LogP) is 3.55. The van der Waals surface area contributed by atoms with Crippen LogP contribution >= 0.6 is 0 Å². The second-order valence-corrected chi connectivity index (χ2v) is 5.67. The fourth-order valence-electron chi connectivity index (χ4n) is 2.51. The minimum absolute atomic E-state index is 0.0469. The maximum atomic E-state index is 3.92. The van der Waals surface area contributed by atoms with Crippen LogP contribution in [0.2, 0.25) is 0 Å². The lowest BCUT2D eigenvalue weighted by atomic mass is 9.88. The van der Waals surface area contributed by atoms with Crippen LogP contribution < -0.4 is 5.32 Å². The molecule has 1 heteroatoms. The van der Waals surface area contributed by atoms with E-state index in [1.807, 2.05) is 6.08 Å². The van der Waals surface area contributed by atoms with Crippen LogP contribution in [0.5, 0.6) is 0 Å². The van der Waals surface area contributed by atoms with E-state index in [-0.39, 0.29) is 5.54 Å². The summed E-state index contributed by atoms with van der Waals surface area (Å²) in [7, 11) is 0. The van der Waals surface area contributed by atoms with E-state index < -0.39 is 0 Å². The molecular formula is C19H24N+. The highest BCUT2D eigenvalue weighted by Crippen LogP contribution is 2.21. The van der Waals surface area contributed by atoms with Gasteiger partial charge in [-0.05, 0) is 13.8 Å². The first kappa shape index (κ1) is 14.5. The van der Waals surface area contributed by atoms with Crippen LogP contribution in [0.15, 0.2) is 67.3 Å². The Morgan fingerprint density at radius 2 is 1.70 bits per heavy atom. The highest BCUT2D eigenvalue weighted by Gasteiger charge is 2.28. The summed E-state index contributed by atoms with van der Waals surface area (Å²) in [6.45, 7) is 9.33. The molecule has 2 aromatic rings. The Hall–Kier alpha value is -1.86. The van der Waals surface area contributed by atoms with Crippen molar-refractivity contribution in [1.29, 1.82) is 0 Å². The molecule has 104 valence electrons. The van der Waals surface area contributed by atoms with Crippen molar-refractivity contribution < 1.29 is 5.32 Å². The molecule has 2 aromatic carbocycles. The van der Waals surface area contributed by atoms with Crippen molar-refractivity contribution >= 4 is 0 Å². The van der Waals surface area contributed by atoms with Gasteiger partial charge < -0.3 is 5.32 Å². The normalized spacial score (nSPS) is 13.7. The molecule has 2 rings (SSSR count). The van der Waals surface area contributed by atoms with Crippen molar-refractivity contribution in [2.24, 2.45) is 0 Å². The van der Waals surface area contributed by atoms with Crippen molar-refractivity contribution in [3.8, 4) is 0 Å². The van der Waals surface area contributed by atoms with Crippen molar-refractivity contribution in [2.45, 2.75) is 32.4 Å². The standard InChI is InChI=1S/C19H23N/c1-4-14-19(3,18-12-10-16(2)11-13-18)20-15-17-8-6-5-7-9-17/h4-13,20H,1,14-15H2,2-3H3/p+1/t19-/m0/s1. The molecule has 0 unspecified atom stereocenters. The Kier molecular flexibility index (Phi) is 4.75. The third-order valence-electron chi connectivity index (χ3n) is 3.91. The van der Waals surface area contributed by atoms with Crippen molar-refractivity contribution in [3.63, 3.8) is 0 Å². The Balaban J connectivity index is 2.16. The molecule has 0 amide bonds. The van der Waals surface area contributed by atoms with Crippen LogP contribution in [0.1, 0.15) is 30.0 Å². The third kappa shape index (κ3) is 3.58. The first-order valence-electron chi connectivity index (χ1n) is 7.20. The Morgan fingerprint density at radius 3 is 2.30 bits per heavy atom. The second-order valence-electron chi connectivity index (χ2n) is 5.67. The summed E-state index contributed by atoms with van der Waals surface area (Å²) in [5, 5.41) is 2.41.